The van der Waals surface area contributed by atoms with E-state index in [2.05, 4.69) is 0 Å². The molecule has 2 aromatic rings. The minimum Gasteiger partial charge on any atom is -0.373 e. The van der Waals surface area contributed by atoms with Crippen LogP contribution in [0.25, 0.3) is 0 Å². The number of hydrogen-bond donors (Lipinski definition) is 0. The largest absolute Gasteiger partial charge is 0.416 e. The summed E-state index contributed by atoms with van der Waals surface area (Å²) in [5.41, 5.74) is 1.43. The standard InChI is InChI=1S/C21H22ClF3OS/c1-13(2)18-8-5-15(21(23,24)25)11-20(18)27-17-9-10-26-19(12-17)14-3-6-16(22)7-4-14/h3-8,11,13,17,19H,9-10,12H2,1-2H3. The van der Waals surface area contributed by atoms with Gasteiger partial charge in [0.25, 0.3) is 0 Å². The molecule has 1 fully saturated rings. The van der Waals surface area contributed by atoms with Crippen molar-refractivity contribution in [3.05, 3.63) is 64.2 Å². The van der Waals surface area contributed by atoms with E-state index in [1.807, 2.05) is 38.1 Å². The minimum atomic E-state index is -4.33. The third kappa shape index (κ3) is 5.21. The molecule has 0 aromatic heterocycles. The molecule has 6 heteroatoms. The van der Waals surface area contributed by atoms with Crippen molar-refractivity contribution in [2.45, 2.75) is 55.0 Å². The molecule has 0 radical (unpaired) electrons. The lowest BCUT2D eigenvalue weighted by atomic mass is 10.0. The Kier molecular flexibility index (Phi) is 6.44. The Bertz CT molecular complexity index is 774. The van der Waals surface area contributed by atoms with Crippen LogP contribution in [0.15, 0.2) is 47.4 Å². The zero-order valence-electron chi connectivity index (χ0n) is 15.2. The molecular formula is C21H22ClF3OS. The molecule has 1 saturated heterocycles. The third-order valence-corrected chi connectivity index (χ3v) is 6.36. The SMILES string of the molecule is CC(C)c1ccc(C(F)(F)F)cc1SC1CCOC(c2ccc(Cl)cc2)C1. The molecule has 1 aliphatic heterocycles. The van der Waals surface area contributed by atoms with Gasteiger partial charge in [0.1, 0.15) is 0 Å². The Balaban J connectivity index is 1.80. The van der Waals surface area contributed by atoms with Gasteiger partial charge >= 0.3 is 6.18 Å². The summed E-state index contributed by atoms with van der Waals surface area (Å²) in [6, 6.07) is 11.7. The highest BCUT2D eigenvalue weighted by molar-refractivity contribution is 8.00. The Hall–Kier alpha value is -1.17. The van der Waals surface area contributed by atoms with Crippen molar-refractivity contribution in [1.82, 2.24) is 0 Å². The quantitative estimate of drug-likeness (QED) is 0.512. The topological polar surface area (TPSA) is 9.23 Å². The van der Waals surface area contributed by atoms with Crippen molar-refractivity contribution < 1.29 is 17.9 Å². The summed E-state index contributed by atoms with van der Waals surface area (Å²) in [6.45, 7) is 4.61. The number of rotatable bonds is 4. The minimum absolute atomic E-state index is 0.0539. The first-order valence-corrected chi connectivity index (χ1v) is 10.2. The second kappa shape index (κ2) is 8.46. The maximum absolute atomic E-state index is 13.2. The van der Waals surface area contributed by atoms with Crippen LogP contribution in [0.3, 0.4) is 0 Å². The van der Waals surface area contributed by atoms with Crippen molar-refractivity contribution in [1.29, 1.82) is 0 Å². The summed E-state index contributed by atoms with van der Waals surface area (Å²) >= 11 is 7.49. The van der Waals surface area contributed by atoms with E-state index in [1.54, 1.807) is 17.8 Å². The van der Waals surface area contributed by atoms with Crippen LogP contribution in [-0.4, -0.2) is 11.9 Å². The highest BCUT2D eigenvalue weighted by Crippen LogP contribution is 2.42. The third-order valence-electron chi connectivity index (χ3n) is 4.73. The van der Waals surface area contributed by atoms with Crippen LogP contribution in [0.2, 0.25) is 5.02 Å². The van der Waals surface area contributed by atoms with E-state index >= 15 is 0 Å². The molecule has 0 amide bonds. The molecule has 0 N–H and O–H groups in total. The van der Waals surface area contributed by atoms with Crippen LogP contribution < -0.4 is 0 Å². The molecule has 0 spiro atoms. The zero-order valence-corrected chi connectivity index (χ0v) is 16.8. The fraction of sp³-hybridized carbons (Fsp3) is 0.429. The van der Waals surface area contributed by atoms with E-state index in [1.165, 1.54) is 12.1 Å². The second-order valence-corrected chi connectivity index (χ2v) is 8.86. The number of ether oxygens (including phenoxy) is 1. The summed E-state index contributed by atoms with van der Waals surface area (Å²) in [4.78, 5) is 0.724. The zero-order chi connectivity index (χ0) is 19.6. The van der Waals surface area contributed by atoms with Crippen LogP contribution in [0.1, 0.15) is 55.4 Å². The average Bonchev–Trinajstić information content (AvgIpc) is 2.61. The predicted octanol–water partition coefficient (Wildman–Crippen LogP) is 7.49. The summed E-state index contributed by atoms with van der Waals surface area (Å²) in [7, 11) is 0. The summed E-state index contributed by atoms with van der Waals surface area (Å²) in [5, 5.41) is 0.881. The van der Waals surface area contributed by atoms with Crippen molar-refractivity contribution in [2.24, 2.45) is 0 Å². The van der Waals surface area contributed by atoms with E-state index in [0.29, 0.717) is 11.6 Å². The molecule has 1 aliphatic rings. The van der Waals surface area contributed by atoms with Gasteiger partial charge in [-0.1, -0.05) is 43.6 Å². The first-order chi connectivity index (χ1) is 12.7. The summed E-state index contributed by atoms with van der Waals surface area (Å²) < 4.78 is 45.4. The fourth-order valence-electron chi connectivity index (χ4n) is 3.25. The first kappa shape index (κ1) is 20.6. The van der Waals surface area contributed by atoms with Gasteiger partial charge in [0, 0.05) is 21.8 Å². The summed E-state index contributed by atoms with van der Waals surface area (Å²) in [6.07, 6.45) is -2.79. The Labute approximate surface area is 167 Å². The van der Waals surface area contributed by atoms with Gasteiger partial charge in [-0.25, -0.2) is 0 Å². The van der Waals surface area contributed by atoms with Crippen LogP contribution in [0.5, 0.6) is 0 Å². The Morgan fingerprint density at radius 3 is 2.44 bits per heavy atom. The normalized spacial score (nSPS) is 20.9. The van der Waals surface area contributed by atoms with Gasteiger partial charge in [0.15, 0.2) is 0 Å². The van der Waals surface area contributed by atoms with Crippen molar-refractivity contribution >= 4 is 23.4 Å². The highest BCUT2D eigenvalue weighted by atomic mass is 35.5. The van der Waals surface area contributed by atoms with Gasteiger partial charge in [0.2, 0.25) is 0 Å². The molecule has 2 atom stereocenters. The van der Waals surface area contributed by atoms with E-state index in [-0.39, 0.29) is 17.3 Å². The van der Waals surface area contributed by atoms with Crippen LogP contribution in [0, 0.1) is 0 Å². The molecular weight excluding hydrogens is 393 g/mol. The van der Waals surface area contributed by atoms with Crippen molar-refractivity contribution in [2.75, 3.05) is 6.61 Å². The van der Waals surface area contributed by atoms with E-state index < -0.39 is 11.7 Å². The van der Waals surface area contributed by atoms with E-state index in [0.717, 1.165) is 28.9 Å². The van der Waals surface area contributed by atoms with Crippen LogP contribution >= 0.6 is 23.4 Å². The Morgan fingerprint density at radius 1 is 1.11 bits per heavy atom. The monoisotopic (exact) mass is 414 g/mol. The molecule has 146 valence electrons. The lowest BCUT2D eigenvalue weighted by molar-refractivity contribution is -0.137. The lowest BCUT2D eigenvalue weighted by Crippen LogP contribution is -2.21. The Morgan fingerprint density at radius 2 is 1.81 bits per heavy atom. The molecule has 1 heterocycles. The number of hydrogen-bond acceptors (Lipinski definition) is 2. The van der Waals surface area contributed by atoms with Gasteiger partial charge < -0.3 is 4.74 Å². The average molecular weight is 415 g/mol. The molecule has 0 saturated carbocycles. The molecule has 3 rings (SSSR count). The second-order valence-electron chi connectivity index (χ2n) is 7.08. The maximum Gasteiger partial charge on any atom is 0.416 e. The van der Waals surface area contributed by atoms with Gasteiger partial charge in [-0.2, -0.15) is 13.2 Å². The van der Waals surface area contributed by atoms with E-state index in [9.17, 15) is 13.2 Å². The summed E-state index contributed by atoms with van der Waals surface area (Å²) in [5.74, 6) is 0.168. The highest BCUT2D eigenvalue weighted by Gasteiger charge is 2.32. The van der Waals surface area contributed by atoms with Gasteiger partial charge in [-0.05, 0) is 54.2 Å². The predicted molar refractivity (Wildman–Crippen MR) is 105 cm³/mol. The molecule has 2 unspecified atom stereocenters. The lowest BCUT2D eigenvalue weighted by Gasteiger charge is -2.30. The fourth-order valence-corrected chi connectivity index (χ4v) is 4.86. The van der Waals surface area contributed by atoms with Crippen LogP contribution in [0.4, 0.5) is 13.2 Å². The first-order valence-electron chi connectivity index (χ1n) is 8.99. The van der Waals surface area contributed by atoms with Crippen molar-refractivity contribution in [3.8, 4) is 0 Å². The van der Waals surface area contributed by atoms with Gasteiger partial charge in [-0.15, -0.1) is 11.8 Å². The molecule has 27 heavy (non-hydrogen) atoms. The molecule has 0 bridgehead atoms. The molecule has 1 nitrogen and oxygen atoms in total. The number of alkyl halides is 3. The van der Waals surface area contributed by atoms with Crippen molar-refractivity contribution in [3.63, 3.8) is 0 Å². The smallest absolute Gasteiger partial charge is 0.373 e. The maximum atomic E-state index is 13.2. The van der Waals surface area contributed by atoms with Crippen LogP contribution in [-0.2, 0) is 10.9 Å². The van der Waals surface area contributed by atoms with E-state index in [4.69, 9.17) is 16.3 Å². The molecule has 2 aromatic carbocycles. The van der Waals surface area contributed by atoms with Gasteiger partial charge in [0.05, 0.1) is 11.7 Å². The number of halogens is 4. The number of thioether (sulfide) groups is 1. The molecule has 0 aliphatic carbocycles. The van der Waals surface area contributed by atoms with Gasteiger partial charge in [-0.3, -0.25) is 0 Å². The number of benzene rings is 2.